The average molecular weight is 378 g/mol. The highest BCUT2D eigenvalue weighted by molar-refractivity contribution is 6.35. The van der Waals surface area contributed by atoms with Crippen molar-refractivity contribution in [2.75, 3.05) is 6.61 Å². The lowest BCUT2D eigenvalue weighted by atomic mass is 9.97. The molecule has 3 aromatic rings. The molecule has 2 heterocycles. The molecular weight excluding hydrogens is 361 g/mol. The summed E-state index contributed by atoms with van der Waals surface area (Å²) in [5, 5.41) is 0.332. The van der Waals surface area contributed by atoms with Gasteiger partial charge in [0.15, 0.2) is 5.65 Å². The van der Waals surface area contributed by atoms with E-state index >= 15 is 0 Å². The van der Waals surface area contributed by atoms with E-state index in [0.717, 1.165) is 0 Å². The van der Waals surface area contributed by atoms with E-state index in [1.165, 1.54) is 19.1 Å². The number of fused-ring (bicyclic) bond motifs is 1. The van der Waals surface area contributed by atoms with Gasteiger partial charge >= 0.3 is 11.7 Å². The fraction of sp³-hybridized carbons (Fsp3) is 0.278. The molecule has 0 aliphatic rings. The smallest absolute Gasteiger partial charge is 0.325 e. The Morgan fingerprint density at radius 3 is 2.62 bits per heavy atom. The number of carbonyl (C=O) groups excluding carboxylic acids is 1. The molecule has 0 radical (unpaired) electrons. The van der Waals surface area contributed by atoms with Crippen LogP contribution in [0.4, 0.5) is 4.39 Å². The summed E-state index contributed by atoms with van der Waals surface area (Å²) >= 11 is 6.63. The summed E-state index contributed by atoms with van der Waals surface area (Å²) in [4.78, 5) is 32.7. The summed E-state index contributed by atoms with van der Waals surface area (Å²) in [6.45, 7) is 3.38. The number of aromatic amines is 2. The normalized spacial score (nSPS) is 12.3. The van der Waals surface area contributed by atoms with Crippen molar-refractivity contribution in [2.45, 2.75) is 26.2 Å². The maximum absolute atomic E-state index is 13.3. The van der Waals surface area contributed by atoms with Crippen LogP contribution in [0.2, 0.25) is 5.02 Å². The number of nitrogens with one attached hydrogen (secondary N) is 2. The van der Waals surface area contributed by atoms with Crippen molar-refractivity contribution in [3.05, 3.63) is 51.3 Å². The van der Waals surface area contributed by atoms with Gasteiger partial charge in [-0.15, -0.1) is 0 Å². The maximum atomic E-state index is 13.3. The molecule has 6 nitrogen and oxygen atoms in total. The number of nitrogens with zero attached hydrogens (tertiary/aromatic N) is 1. The lowest BCUT2D eigenvalue weighted by Crippen LogP contribution is -2.12. The van der Waals surface area contributed by atoms with Crippen LogP contribution in [0.3, 0.4) is 0 Å². The Morgan fingerprint density at radius 1 is 1.31 bits per heavy atom. The zero-order chi connectivity index (χ0) is 18.8. The van der Waals surface area contributed by atoms with Gasteiger partial charge in [-0.1, -0.05) is 30.7 Å². The minimum absolute atomic E-state index is 0.127. The molecule has 0 unspecified atom stereocenters. The van der Waals surface area contributed by atoms with Crippen LogP contribution < -0.4 is 5.69 Å². The molecule has 0 aliphatic carbocycles. The van der Waals surface area contributed by atoms with E-state index in [9.17, 15) is 14.0 Å². The number of carbonyl (C=O) groups is 1. The lowest BCUT2D eigenvalue weighted by molar-refractivity contribution is -0.141. The van der Waals surface area contributed by atoms with Crippen LogP contribution >= 0.6 is 11.6 Å². The van der Waals surface area contributed by atoms with Gasteiger partial charge in [-0.25, -0.2) is 14.2 Å². The summed E-state index contributed by atoms with van der Waals surface area (Å²) in [6.07, 6.45) is 0.628. The summed E-state index contributed by atoms with van der Waals surface area (Å²) in [5.74, 6) is -1.01. The van der Waals surface area contributed by atoms with Crippen LogP contribution in [0, 0.1) is 5.82 Å². The molecule has 0 saturated heterocycles. The molecule has 2 N–H and O–H groups in total. The topological polar surface area (TPSA) is 87.8 Å². The van der Waals surface area contributed by atoms with Gasteiger partial charge in [-0.05, 0) is 24.1 Å². The Labute approximate surface area is 153 Å². The zero-order valence-corrected chi connectivity index (χ0v) is 15.0. The number of benzene rings is 1. The molecule has 0 spiro atoms. The van der Waals surface area contributed by atoms with Crippen LogP contribution in [0.15, 0.2) is 29.1 Å². The Kier molecular flexibility index (Phi) is 5.08. The highest BCUT2D eigenvalue weighted by Gasteiger charge is 2.23. The highest BCUT2D eigenvalue weighted by atomic mass is 35.5. The maximum Gasteiger partial charge on any atom is 0.325 e. The van der Waals surface area contributed by atoms with Gasteiger partial charge in [0.1, 0.15) is 5.82 Å². The Bertz CT molecular complexity index is 1010. The van der Waals surface area contributed by atoms with E-state index in [4.69, 9.17) is 16.3 Å². The number of hydrogen-bond donors (Lipinski definition) is 2. The molecule has 0 bridgehead atoms. The minimum atomic E-state index is -0.419. The highest BCUT2D eigenvalue weighted by Crippen LogP contribution is 2.38. The van der Waals surface area contributed by atoms with Crippen LogP contribution in [-0.4, -0.2) is 27.5 Å². The first-order valence-electron chi connectivity index (χ1n) is 8.11. The number of aromatic nitrogens is 3. The minimum Gasteiger partial charge on any atom is -0.465 e. The standard InChI is InChI=1S/C18H17ClFN3O3/c1-3-10(8-26-9(2)24)15-14(19)13(11-4-6-12(20)7-5-11)16-17(21-15)23-18(25)22-16/h4-7,10H,3,8H2,1-2H3,(H2,21,22,23,25)/t10-/m1/s1. The van der Waals surface area contributed by atoms with Crippen molar-refractivity contribution in [1.82, 2.24) is 15.0 Å². The third-order valence-electron chi connectivity index (χ3n) is 4.13. The number of hydrogen-bond acceptors (Lipinski definition) is 4. The first-order valence-corrected chi connectivity index (χ1v) is 8.49. The van der Waals surface area contributed by atoms with Gasteiger partial charge in [-0.2, -0.15) is 0 Å². The predicted molar refractivity (Wildman–Crippen MR) is 96.8 cm³/mol. The van der Waals surface area contributed by atoms with Gasteiger partial charge < -0.3 is 9.72 Å². The molecule has 0 saturated carbocycles. The fourth-order valence-corrected chi connectivity index (χ4v) is 3.21. The Balaban J connectivity index is 2.22. The average Bonchev–Trinajstić information content (AvgIpc) is 2.96. The van der Waals surface area contributed by atoms with E-state index in [0.29, 0.717) is 39.4 Å². The number of pyridine rings is 1. The second-order valence-corrected chi connectivity index (χ2v) is 6.28. The molecule has 8 heteroatoms. The van der Waals surface area contributed by atoms with E-state index in [2.05, 4.69) is 15.0 Å². The van der Waals surface area contributed by atoms with Crippen molar-refractivity contribution < 1.29 is 13.9 Å². The second-order valence-electron chi connectivity index (χ2n) is 5.90. The number of rotatable bonds is 5. The Hall–Kier alpha value is -2.67. The molecule has 136 valence electrons. The number of esters is 1. The van der Waals surface area contributed by atoms with Gasteiger partial charge in [0, 0.05) is 18.4 Å². The van der Waals surface area contributed by atoms with Crippen molar-refractivity contribution in [3.8, 4) is 11.1 Å². The largest absolute Gasteiger partial charge is 0.465 e. The third kappa shape index (κ3) is 3.48. The molecular formula is C18H17ClFN3O3. The zero-order valence-electron chi connectivity index (χ0n) is 14.2. The van der Waals surface area contributed by atoms with Crippen molar-refractivity contribution >= 4 is 28.7 Å². The van der Waals surface area contributed by atoms with Crippen LogP contribution in [-0.2, 0) is 9.53 Å². The van der Waals surface area contributed by atoms with Crippen LogP contribution in [0.5, 0.6) is 0 Å². The molecule has 0 fully saturated rings. The van der Waals surface area contributed by atoms with Crippen molar-refractivity contribution in [1.29, 1.82) is 0 Å². The van der Waals surface area contributed by atoms with Gasteiger partial charge in [0.25, 0.3) is 0 Å². The van der Waals surface area contributed by atoms with Crippen LogP contribution in [0.25, 0.3) is 22.3 Å². The number of halogens is 2. The molecule has 26 heavy (non-hydrogen) atoms. The first-order chi connectivity index (χ1) is 12.4. The van der Waals surface area contributed by atoms with E-state index in [-0.39, 0.29) is 18.3 Å². The van der Waals surface area contributed by atoms with Gasteiger partial charge in [0.2, 0.25) is 0 Å². The number of imidazole rings is 1. The third-order valence-corrected chi connectivity index (χ3v) is 4.52. The molecule has 1 aromatic carbocycles. The summed E-state index contributed by atoms with van der Waals surface area (Å²) < 4.78 is 18.4. The summed E-state index contributed by atoms with van der Waals surface area (Å²) in [7, 11) is 0. The predicted octanol–water partition coefficient (Wildman–Crippen LogP) is 3.77. The molecule has 3 rings (SSSR count). The van der Waals surface area contributed by atoms with Gasteiger partial charge in [-0.3, -0.25) is 9.78 Å². The van der Waals surface area contributed by atoms with Crippen molar-refractivity contribution in [3.63, 3.8) is 0 Å². The van der Waals surface area contributed by atoms with Gasteiger partial charge in [0.05, 0.1) is 22.8 Å². The van der Waals surface area contributed by atoms with Crippen LogP contribution in [0.1, 0.15) is 31.9 Å². The quantitative estimate of drug-likeness (QED) is 0.662. The van der Waals surface area contributed by atoms with E-state index < -0.39 is 11.7 Å². The second kappa shape index (κ2) is 7.29. The fourth-order valence-electron chi connectivity index (χ4n) is 2.81. The molecule has 0 amide bonds. The van der Waals surface area contributed by atoms with Crippen molar-refractivity contribution in [2.24, 2.45) is 0 Å². The SMILES string of the molecule is CC[C@H](COC(C)=O)c1nc2[nH]c(=O)[nH]c2c(-c2ccc(F)cc2)c1Cl. The monoisotopic (exact) mass is 377 g/mol. The summed E-state index contributed by atoms with van der Waals surface area (Å²) in [5.41, 5.74) is 2.07. The summed E-state index contributed by atoms with van der Waals surface area (Å²) in [6, 6.07) is 5.80. The molecule has 0 aliphatic heterocycles. The first kappa shape index (κ1) is 18.1. The number of H-pyrrole nitrogens is 2. The Morgan fingerprint density at radius 2 is 2.00 bits per heavy atom. The lowest BCUT2D eigenvalue weighted by Gasteiger charge is -2.18. The molecule has 1 atom stereocenters. The molecule has 2 aromatic heterocycles. The van der Waals surface area contributed by atoms with E-state index in [1.54, 1.807) is 12.1 Å². The van der Waals surface area contributed by atoms with E-state index in [1.807, 2.05) is 6.92 Å². The number of ether oxygens (including phenoxy) is 1.